The lowest BCUT2D eigenvalue weighted by Crippen LogP contribution is -2.37. The van der Waals surface area contributed by atoms with Gasteiger partial charge in [0.25, 0.3) is 0 Å². The van der Waals surface area contributed by atoms with E-state index in [1.807, 2.05) is 24.3 Å². The van der Waals surface area contributed by atoms with Gasteiger partial charge in [-0.15, -0.1) is 0 Å². The number of para-hydroxylation sites is 2. The second-order valence-corrected chi connectivity index (χ2v) is 5.24. The molecular weight excluding hydrogens is 226 g/mol. The van der Waals surface area contributed by atoms with Gasteiger partial charge in [0.15, 0.2) is 11.9 Å². The topological polar surface area (TPSA) is 38.3 Å². The molecule has 1 N–H and O–H groups in total. The third-order valence-corrected chi connectivity index (χ3v) is 3.20. The Morgan fingerprint density at radius 2 is 2.22 bits per heavy atom. The molecule has 18 heavy (non-hydrogen) atoms. The Hall–Kier alpha value is -1.51. The Morgan fingerprint density at radius 3 is 3.00 bits per heavy atom. The minimum atomic E-state index is -0.327. The van der Waals surface area contributed by atoms with Crippen molar-refractivity contribution in [2.24, 2.45) is 5.92 Å². The standard InChI is InChI=1S/C15H21NO2/c1-11(2)6-5-8-13(17)15-10-16-12-7-3-4-9-14(12)18-15/h3-4,7,9,11,15-16H,5-6,8,10H2,1-2H3. The Bertz CT molecular complexity index is 415. The molecule has 1 heterocycles. The number of ketones is 1. The third kappa shape index (κ3) is 3.25. The number of hydrogen-bond acceptors (Lipinski definition) is 3. The molecule has 0 aliphatic carbocycles. The summed E-state index contributed by atoms with van der Waals surface area (Å²) in [5, 5.41) is 3.25. The average molecular weight is 247 g/mol. The first-order valence-electron chi connectivity index (χ1n) is 6.69. The molecular formula is C15H21NO2. The number of ether oxygens (including phenoxy) is 1. The third-order valence-electron chi connectivity index (χ3n) is 3.20. The van der Waals surface area contributed by atoms with E-state index in [2.05, 4.69) is 19.2 Å². The SMILES string of the molecule is CC(C)CCCC(=O)C1CNc2ccccc2O1. The molecule has 0 amide bonds. The fourth-order valence-electron chi connectivity index (χ4n) is 2.14. The summed E-state index contributed by atoms with van der Waals surface area (Å²) < 4.78 is 5.74. The molecule has 1 atom stereocenters. The predicted octanol–water partition coefficient (Wildman–Crippen LogP) is 3.25. The number of benzene rings is 1. The van der Waals surface area contributed by atoms with Crippen LogP contribution in [0.5, 0.6) is 5.75 Å². The van der Waals surface area contributed by atoms with E-state index in [0.717, 1.165) is 24.3 Å². The van der Waals surface area contributed by atoms with Gasteiger partial charge in [0.2, 0.25) is 0 Å². The summed E-state index contributed by atoms with van der Waals surface area (Å²) >= 11 is 0. The van der Waals surface area contributed by atoms with Crippen LogP contribution in [0, 0.1) is 5.92 Å². The number of rotatable bonds is 5. The molecule has 0 fully saturated rings. The maximum atomic E-state index is 12.0. The van der Waals surface area contributed by atoms with Crippen molar-refractivity contribution in [3.63, 3.8) is 0 Å². The van der Waals surface area contributed by atoms with Crippen LogP contribution in [0.4, 0.5) is 5.69 Å². The monoisotopic (exact) mass is 247 g/mol. The first-order valence-corrected chi connectivity index (χ1v) is 6.69. The second kappa shape index (κ2) is 5.89. The minimum Gasteiger partial charge on any atom is -0.479 e. The van der Waals surface area contributed by atoms with Gasteiger partial charge in [-0.05, 0) is 24.5 Å². The van der Waals surface area contributed by atoms with Crippen molar-refractivity contribution in [2.45, 2.75) is 39.2 Å². The summed E-state index contributed by atoms with van der Waals surface area (Å²) in [6.07, 6.45) is 2.35. The van der Waals surface area contributed by atoms with E-state index < -0.39 is 0 Å². The number of hydrogen-bond donors (Lipinski definition) is 1. The highest BCUT2D eigenvalue weighted by molar-refractivity contribution is 5.85. The number of nitrogens with one attached hydrogen (secondary N) is 1. The second-order valence-electron chi connectivity index (χ2n) is 5.24. The summed E-state index contributed by atoms with van der Waals surface area (Å²) in [6, 6.07) is 7.75. The molecule has 1 aliphatic heterocycles. The van der Waals surface area contributed by atoms with Gasteiger partial charge in [0.1, 0.15) is 5.75 Å². The van der Waals surface area contributed by atoms with E-state index in [1.165, 1.54) is 0 Å². The molecule has 0 radical (unpaired) electrons. The summed E-state index contributed by atoms with van der Waals surface area (Å²) in [5.41, 5.74) is 0.976. The van der Waals surface area contributed by atoms with E-state index in [9.17, 15) is 4.79 Å². The summed E-state index contributed by atoms with van der Waals surface area (Å²) in [5.74, 6) is 1.65. The van der Waals surface area contributed by atoms with E-state index in [1.54, 1.807) is 0 Å². The molecule has 2 rings (SSSR count). The van der Waals surface area contributed by atoms with Crippen molar-refractivity contribution >= 4 is 11.5 Å². The Balaban J connectivity index is 1.87. The van der Waals surface area contributed by atoms with Gasteiger partial charge in [-0.25, -0.2) is 0 Å². The van der Waals surface area contributed by atoms with Crippen molar-refractivity contribution in [3.05, 3.63) is 24.3 Å². The Morgan fingerprint density at radius 1 is 1.44 bits per heavy atom. The van der Waals surface area contributed by atoms with Gasteiger partial charge >= 0.3 is 0 Å². The smallest absolute Gasteiger partial charge is 0.175 e. The van der Waals surface area contributed by atoms with Crippen molar-refractivity contribution < 1.29 is 9.53 Å². The van der Waals surface area contributed by atoms with Crippen molar-refractivity contribution in [1.29, 1.82) is 0 Å². The Labute approximate surface area is 109 Å². The van der Waals surface area contributed by atoms with E-state index >= 15 is 0 Å². The normalized spacial score (nSPS) is 17.8. The molecule has 0 aromatic heterocycles. The van der Waals surface area contributed by atoms with Crippen LogP contribution in [0.1, 0.15) is 33.1 Å². The van der Waals surface area contributed by atoms with Gasteiger partial charge in [-0.1, -0.05) is 32.4 Å². The van der Waals surface area contributed by atoms with Crippen molar-refractivity contribution in [1.82, 2.24) is 0 Å². The number of fused-ring (bicyclic) bond motifs is 1. The minimum absolute atomic E-state index is 0.206. The molecule has 98 valence electrons. The van der Waals surface area contributed by atoms with Crippen molar-refractivity contribution in [3.8, 4) is 5.75 Å². The van der Waals surface area contributed by atoms with Crippen LogP contribution in [0.25, 0.3) is 0 Å². The molecule has 1 aliphatic rings. The summed E-state index contributed by atoms with van der Waals surface area (Å²) in [7, 11) is 0. The maximum absolute atomic E-state index is 12.0. The molecule has 1 aromatic carbocycles. The van der Waals surface area contributed by atoms with Gasteiger partial charge in [0.05, 0.1) is 12.2 Å². The zero-order valence-corrected chi connectivity index (χ0v) is 11.1. The molecule has 1 unspecified atom stereocenters. The zero-order valence-electron chi connectivity index (χ0n) is 11.1. The largest absolute Gasteiger partial charge is 0.479 e. The first-order chi connectivity index (χ1) is 8.66. The number of carbonyl (C=O) groups is 1. The molecule has 0 bridgehead atoms. The molecule has 3 nitrogen and oxygen atoms in total. The zero-order chi connectivity index (χ0) is 13.0. The fraction of sp³-hybridized carbons (Fsp3) is 0.533. The van der Waals surface area contributed by atoms with Crippen LogP contribution in [0.3, 0.4) is 0 Å². The van der Waals surface area contributed by atoms with Crippen molar-refractivity contribution in [2.75, 3.05) is 11.9 Å². The lowest BCUT2D eigenvalue weighted by atomic mass is 10.0. The fourth-order valence-corrected chi connectivity index (χ4v) is 2.14. The highest BCUT2D eigenvalue weighted by Crippen LogP contribution is 2.28. The quantitative estimate of drug-likeness (QED) is 0.868. The van der Waals surface area contributed by atoms with Crippen LogP contribution in [0.15, 0.2) is 24.3 Å². The van der Waals surface area contributed by atoms with Crippen LogP contribution in [0.2, 0.25) is 0 Å². The lowest BCUT2D eigenvalue weighted by molar-refractivity contribution is -0.125. The lowest BCUT2D eigenvalue weighted by Gasteiger charge is -2.26. The molecule has 0 saturated carbocycles. The molecule has 0 spiro atoms. The summed E-state index contributed by atoms with van der Waals surface area (Å²) in [6.45, 7) is 4.94. The molecule has 1 aromatic rings. The van der Waals surface area contributed by atoms with Crippen LogP contribution in [-0.4, -0.2) is 18.4 Å². The number of carbonyl (C=O) groups excluding carboxylic acids is 1. The molecule has 3 heteroatoms. The average Bonchev–Trinajstić information content (AvgIpc) is 2.37. The van der Waals surface area contributed by atoms with Gasteiger partial charge < -0.3 is 10.1 Å². The highest BCUT2D eigenvalue weighted by atomic mass is 16.5. The highest BCUT2D eigenvalue weighted by Gasteiger charge is 2.24. The first kappa shape index (κ1) is 12.9. The number of Topliss-reactive ketones (excluding diaryl/α,β-unsaturated/α-hetero) is 1. The summed E-state index contributed by atoms with van der Waals surface area (Å²) in [4.78, 5) is 12.0. The van der Waals surface area contributed by atoms with Gasteiger partial charge in [0, 0.05) is 6.42 Å². The van der Waals surface area contributed by atoms with Crippen LogP contribution < -0.4 is 10.1 Å². The van der Waals surface area contributed by atoms with E-state index in [0.29, 0.717) is 18.9 Å². The van der Waals surface area contributed by atoms with Gasteiger partial charge in [-0.3, -0.25) is 4.79 Å². The van der Waals surface area contributed by atoms with Crippen LogP contribution in [-0.2, 0) is 4.79 Å². The molecule has 0 saturated heterocycles. The van der Waals surface area contributed by atoms with E-state index in [-0.39, 0.29) is 11.9 Å². The van der Waals surface area contributed by atoms with Crippen LogP contribution >= 0.6 is 0 Å². The maximum Gasteiger partial charge on any atom is 0.175 e. The predicted molar refractivity (Wildman–Crippen MR) is 73.0 cm³/mol. The Kier molecular flexibility index (Phi) is 4.24. The van der Waals surface area contributed by atoms with Gasteiger partial charge in [-0.2, -0.15) is 0 Å². The number of anilines is 1. The van der Waals surface area contributed by atoms with E-state index in [4.69, 9.17) is 4.74 Å².